The van der Waals surface area contributed by atoms with Crippen molar-refractivity contribution in [1.82, 2.24) is 0 Å². The van der Waals surface area contributed by atoms with Crippen LogP contribution in [0.5, 0.6) is 0 Å². The first kappa shape index (κ1) is 13.6. The molecule has 0 saturated carbocycles. The van der Waals surface area contributed by atoms with Crippen LogP contribution < -0.4 is 9.79 Å². The van der Waals surface area contributed by atoms with E-state index in [-0.39, 0.29) is 37.7 Å². The van der Waals surface area contributed by atoms with Gasteiger partial charge in [0.05, 0.1) is 0 Å². The first-order valence-corrected chi connectivity index (χ1v) is 5.27. The summed E-state index contributed by atoms with van der Waals surface area (Å²) < 4.78 is 10.4. The second-order valence-corrected chi connectivity index (χ2v) is 4.29. The molecular formula is C8H9CaO3P. The van der Waals surface area contributed by atoms with E-state index < -0.39 is 13.8 Å². The Balaban J connectivity index is 0.00000144. The molecule has 3 nitrogen and oxygen atoms in total. The van der Waals surface area contributed by atoms with Gasteiger partial charge >= 0.3 is 37.7 Å². The van der Waals surface area contributed by atoms with E-state index in [1.807, 2.05) is 6.92 Å². The van der Waals surface area contributed by atoms with Crippen LogP contribution >= 0.6 is 7.60 Å². The van der Waals surface area contributed by atoms with Crippen molar-refractivity contribution < 1.29 is 14.4 Å². The number of aryl methyl sites for hydroxylation is 1. The number of hydrogen-bond acceptors (Lipinski definition) is 3. The molecule has 0 saturated heterocycles. The van der Waals surface area contributed by atoms with Gasteiger partial charge in [-0.3, -0.25) is 0 Å². The fourth-order valence-electron chi connectivity index (χ4n) is 0.917. The van der Waals surface area contributed by atoms with E-state index in [2.05, 4.69) is 0 Å². The normalized spacial score (nSPS) is 10.7. The smallest absolute Gasteiger partial charge is 0.810 e. The third kappa shape index (κ3) is 5.84. The topological polar surface area (TPSA) is 63.2 Å². The number of hydrogen-bond donors (Lipinski definition) is 0. The van der Waals surface area contributed by atoms with Crippen LogP contribution in [0.1, 0.15) is 11.1 Å². The van der Waals surface area contributed by atoms with Gasteiger partial charge in [-0.1, -0.05) is 37.4 Å². The Labute approximate surface area is 107 Å². The Hall–Kier alpha value is 0.630. The maximum Gasteiger partial charge on any atom is 2.00 e. The van der Waals surface area contributed by atoms with Crippen molar-refractivity contribution >= 4 is 45.3 Å². The Kier molecular flexibility index (Phi) is 5.76. The van der Waals surface area contributed by atoms with Crippen molar-refractivity contribution in [3.8, 4) is 0 Å². The molecule has 0 bridgehead atoms. The van der Waals surface area contributed by atoms with Gasteiger partial charge < -0.3 is 14.4 Å². The molecule has 0 aliphatic rings. The molecule has 0 spiro atoms. The van der Waals surface area contributed by atoms with Crippen LogP contribution in [0.3, 0.4) is 0 Å². The molecule has 0 aliphatic carbocycles. The molecule has 0 amide bonds. The van der Waals surface area contributed by atoms with Gasteiger partial charge in [0.2, 0.25) is 0 Å². The fourth-order valence-corrected chi connectivity index (χ4v) is 1.58. The third-order valence-electron chi connectivity index (χ3n) is 1.50. The first-order valence-electron chi connectivity index (χ1n) is 3.54. The van der Waals surface area contributed by atoms with Crippen LogP contribution in [-0.2, 0) is 10.7 Å². The quantitative estimate of drug-likeness (QED) is 0.526. The van der Waals surface area contributed by atoms with Gasteiger partial charge in [0, 0.05) is 6.16 Å². The molecule has 13 heavy (non-hydrogen) atoms. The van der Waals surface area contributed by atoms with Crippen molar-refractivity contribution in [2.24, 2.45) is 0 Å². The third-order valence-corrected chi connectivity index (χ3v) is 2.25. The zero-order chi connectivity index (χ0) is 9.19. The molecule has 1 aromatic rings. The maximum atomic E-state index is 10.4. The largest absolute Gasteiger partial charge is 2.00 e. The Morgan fingerprint density at radius 2 is 1.69 bits per heavy atom. The molecule has 1 aromatic carbocycles. The number of rotatable bonds is 2. The van der Waals surface area contributed by atoms with Gasteiger partial charge in [-0.25, -0.2) is 0 Å². The Morgan fingerprint density at radius 3 is 2.08 bits per heavy atom. The minimum atomic E-state index is -4.40. The Morgan fingerprint density at radius 1 is 1.23 bits per heavy atom. The second-order valence-electron chi connectivity index (χ2n) is 2.75. The summed E-state index contributed by atoms with van der Waals surface area (Å²) in [5.74, 6) is 0. The van der Waals surface area contributed by atoms with E-state index in [1.165, 1.54) is 0 Å². The SMILES string of the molecule is Cc1ccc(CP(=O)([O-])[O-])cc1.[Ca+2]. The van der Waals surface area contributed by atoms with E-state index in [0.717, 1.165) is 5.56 Å². The van der Waals surface area contributed by atoms with Crippen LogP contribution in [0.4, 0.5) is 0 Å². The van der Waals surface area contributed by atoms with Gasteiger partial charge in [0.25, 0.3) is 0 Å². The van der Waals surface area contributed by atoms with Gasteiger partial charge in [0.15, 0.2) is 0 Å². The molecule has 0 fully saturated rings. The summed E-state index contributed by atoms with van der Waals surface area (Å²) in [7, 11) is -4.40. The van der Waals surface area contributed by atoms with Crippen molar-refractivity contribution in [3.05, 3.63) is 35.4 Å². The minimum absolute atomic E-state index is 0. The van der Waals surface area contributed by atoms with Crippen molar-refractivity contribution in [2.45, 2.75) is 13.1 Å². The predicted molar refractivity (Wildman–Crippen MR) is 48.2 cm³/mol. The average molecular weight is 224 g/mol. The predicted octanol–water partition coefficient (Wildman–Crippen LogP) is 0.0279. The second kappa shape index (κ2) is 5.50. The summed E-state index contributed by atoms with van der Waals surface area (Å²) >= 11 is 0. The Bertz CT molecular complexity index is 304. The zero-order valence-electron chi connectivity index (χ0n) is 7.40. The zero-order valence-corrected chi connectivity index (χ0v) is 10.5. The van der Waals surface area contributed by atoms with E-state index in [4.69, 9.17) is 0 Å². The molecule has 0 N–H and O–H groups in total. The summed E-state index contributed by atoms with van der Waals surface area (Å²) in [6, 6.07) is 6.87. The van der Waals surface area contributed by atoms with Crippen LogP contribution in [0.25, 0.3) is 0 Å². The first-order chi connectivity index (χ1) is 5.47. The fraction of sp³-hybridized carbons (Fsp3) is 0.250. The molecule has 66 valence electrons. The van der Waals surface area contributed by atoms with E-state index >= 15 is 0 Å². The molecule has 5 heteroatoms. The molecule has 0 atom stereocenters. The summed E-state index contributed by atoms with van der Waals surface area (Å²) in [4.78, 5) is 20.7. The van der Waals surface area contributed by atoms with E-state index in [0.29, 0.717) is 5.56 Å². The molecule has 0 aliphatic heterocycles. The molecule has 0 heterocycles. The molecular weight excluding hydrogens is 215 g/mol. The van der Waals surface area contributed by atoms with Crippen LogP contribution in [-0.4, -0.2) is 37.7 Å². The van der Waals surface area contributed by atoms with Crippen molar-refractivity contribution in [1.29, 1.82) is 0 Å². The van der Waals surface area contributed by atoms with Crippen LogP contribution in [0.15, 0.2) is 24.3 Å². The molecule has 1 rings (SSSR count). The molecule has 0 radical (unpaired) electrons. The van der Waals surface area contributed by atoms with E-state index in [9.17, 15) is 14.4 Å². The summed E-state index contributed by atoms with van der Waals surface area (Å²) in [5, 5.41) is 0. The van der Waals surface area contributed by atoms with Gasteiger partial charge in [-0.15, -0.1) is 0 Å². The molecule has 0 aromatic heterocycles. The maximum absolute atomic E-state index is 10.4. The minimum Gasteiger partial charge on any atom is -0.810 e. The van der Waals surface area contributed by atoms with Gasteiger partial charge in [-0.2, -0.15) is 0 Å². The standard InChI is InChI=1S/C8H11O3P.Ca/c1-7-2-4-8(5-3-7)6-12(9,10)11;/h2-5H,6H2,1H3,(H2,9,10,11);/q;+2/p-2. The summed E-state index contributed by atoms with van der Waals surface area (Å²) in [6.45, 7) is 1.90. The average Bonchev–Trinajstić information content (AvgIpc) is 1.91. The van der Waals surface area contributed by atoms with Crippen molar-refractivity contribution in [3.63, 3.8) is 0 Å². The van der Waals surface area contributed by atoms with Gasteiger partial charge in [0.1, 0.15) is 0 Å². The van der Waals surface area contributed by atoms with Crippen LogP contribution in [0, 0.1) is 6.92 Å². The monoisotopic (exact) mass is 224 g/mol. The van der Waals surface area contributed by atoms with E-state index in [1.54, 1.807) is 24.3 Å². The number of benzene rings is 1. The van der Waals surface area contributed by atoms with Crippen LogP contribution in [0.2, 0.25) is 0 Å². The van der Waals surface area contributed by atoms with Crippen molar-refractivity contribution in [2.75, 3.05) is 0 Å². The van der Waals surface area contributed by atoms with Gasteiger partial charge in [-0.05, 0) is 12.5 Å². The summed E-state index contributed by atoms with van der Waals surface area (Å²) in [5.41, 5.74) is 1.60. The molecule has 0 unspecified atom stereocenters. The summed E-state index contributed by atoms with van der Waals surface area (Å²) in [6.07, 6.45) is -0.396.